The minimum Gasteiger partial charge on any atom is -0.399 e. The standard InChI is InChI=1S/C23H26N10/c1-32-11-13-33(14-12-32)23-28-21(25-18-9-7-17(24)8-10-18)27-22(29-23)26-20-15-19(30-31-20)16-5-3-2-4-6-16/h2-10,15H,11-14,24H2,1H3,(H3,25,26,27,28,29,30,31). The number of benzene rings is 2. The van der Waals surface area contributed by atoms with Gasteiger partial charge in [0.25, 0.3) is 0 Å². The first kappa shape index (κ1) is 20.7. The number of nitrogens with one attached hydrogen (secondary N) is 3. The molecule has 0 spiro atoms. The van der Waals surface area contributed by atoms with Gasteiger partial charge < -0.3 is 26.2 Å². The number of aromatic amines is 1. The number of hydrogen-bond acceptors (Lipinski definition) is 9. The molecule has 0 bridgehead atoms. The molecule has 0 aliphatic carbocycles. The van der Waals surface area contributed by atoms with Crippen LogP contribution in [0.15, 0.2) is 60.7 Å². The van der Waals surface area contributed by atoms with Gasteiger partial charge in [-0.2, -0.15) is 20.1 Å². The molecule has 0 unspecified atom stereocenters. The summed E-state index contributed by atoms with van der Waals surface area (Å²) in [7, 11) is 2.12. The summed E-state index contributed by atoms with van der Waals surface area (Å²) >= 11 is 0. The zero-order chi connectivity index (χ0) is 22.6. The Balaban J connectivity index is 1.42. The molecule has 2 aromatic heterocycles. The molecule has 0 atom stereocenters. The lowest BCUT2D eigenvalue weighted by Crippen LogP contribution is -2.45. The number of nitrogen functional groups attached to an aromatic ring is 1. The molecule has 4 aromatic rings. The largest absolute Gasteiger partial charge is 0.399 e. The van der Waals surface area contributed by atoms with Crippen molar-refractivity contribution >= 4 is 35.0 Å². The summed E-state index contributed by atoms with van der Waals surface area (Å²) in [4.78, 5) is 18.4. The first-order valence-corrected chi connectivity index (χ1v) is 10.8. The topological polar surface area (TPSA) is 124 Å². The Hall–Kier alpha value is -4.18. The van der Waals surface area contributed by atoms with E-state index in [1.165, 1.54) is 0 Å². The van der Waals surface area contributed by atoms with Crippen LogP contribution in [0.4, 0.5) is 35.0 Å². The van der Waals surface area contributed by atoms with Crippen LogP contribution in [0.1, 0.15) is 0 Å². The number of H-pyrrole nitrogens is 1. The summed E-state index contributed by atoms with van der Waals surface area (Å²) in [5.74, 6) is 2.12. The maximum absolute atomic E-state index is 5.81. The third-order valence-corrected chi connectivity index (χ3v) is 5.48. The van der Waals surface area contributed by atoms with Crippen molar-refractivity contribution in [3.63, 3.8) is 0 Å². The fourth-order valence-corrected chi connectivity index (χ4v) is 3.59. The van der Waals surface area contributed by atoms with E-state index in [0.717, 1.165) is 43.1 Å². The molecule has 5 N–H and O–H groups in total. The molecule has 5 rings (SSSR count). The number of piperazine rings is 1. The minimum absolute atomic E-state index is 0.419. The van der Waals surface area contributed by atoms with E-state index in [1.807, 2.05) is 60.7 Å². The van der Waals surface area contributed by atoms with Crippen LogP contribution in [-0.2, 0) is 0 Å². The highest BCUT2D eigenvalue weighted by molar-refractivity contribution is 5.65. The summed E-state index contributed by atoms with van der Waals surface area (Å²) in [5.41, 5.74) is 9.31. The van der Waals surface area contributed by atoms with Gasteiger partial charge in [-0.05, 0) is 36.9 Å². The highest BCUT2D eigenvalue weighted by Crippen LogP contribution is 2.23. The summed E-state index contributed by atoms with van der Waals surface area (Å²) in [6, 6.07) is 19.4. The lowest BCUT2D eigenvalue weighted by Gasteiger charge is -2.32. The fourth-order valence-electron chi connectivity index (χ4n) is 3.59. The summed E-state index contributed by atoms with van der Waals surface area (Å²) in [5, 5.41) is 13.9. The second-order valence-electron chi connectivity index (χ2n) is 7.98. The molecule has 0 amide bonds. The number of nitrogens with zero attached hydrogens (tertiary/aromatic N) is 6. The normalized spacial score (nSPS) is 14.3. The molecule has 10 heteroatoms. The van der Waals surface area contributed by atoms with Crippen LogP contribution in [0.25, 0.3) is 11.3 Å². The Morgan fingerprint density at radius 3 is 2.27 bits per heavy atom. The Morgan fingerprint density at radius 2 is 1.55 bits per heavy atom. The first-order valence-electron chi connectivity index (χ1n) is 10.8. The van der Waals surface area contributed by atoms with Crippen LogP contribution in [0, 0.1) is 0 Å². The quantitative estimate of drug-likeness (QED) is 0.333. The van der Waals surface area contributed by atoms with Crippen LogP contribution >= 0.6 is 0 Å². The minimum atomic E-state index is 0.419. The van der Waals surface area contributed by atoms with Gasteiger partial charge in [0.05, 0.1) is 5.69 Å². The number of likely N-dealkylation sites (N-methyl/N-ethyl adjacent to an activating group) is 1. The van der Waals surface area contributed by atoms with Crippen molar-refractivity contribution in [1.29, 1.82) is 0 Å². The molecule has 1 fully saturated rings. The zero-order valence-electron chi connectivity index (χ0n) is 18.4. The Kier molecular flexibility index (Phi) is 5.73. The number of nitrogens with two attached hydrogens (primary N) is 1. The van der Waals surface area contributed by atoms with E-state index < -0.39 is 0 Å². The van der Waals surface area contributed by atoms with E-state index in [4.69, 9.17) is 5.73 Å². The average molecular weight is 443 g/mol. The van der Waals surface area contributed by atoms with Gasteiger partial charge in [0.15, 0.2) is 5.82 Å². The van der Waals surface area contributed by atoms with Crippen LogP contribution in [0.5, 0.6) is 0 Å². The van der Waals surface area contributed by atoms with Gasteiger partial charge in [0, 0.05) is 43.6 Å². The van der Waals surface area contributed by atoms with Gasteiger partial charge in [0.2, 0.25) is 17.8 Å². The van der Waals surface area contributed by atoms with Crippen LogP contribution < -0.4 is 21.3 Å². The van der Waals surface area contributed by atoms with E-state index in [9.17, 15) is 0 Å². The molecule has 1 aliphatic heterocycles. The van der Waals surface area contributed by atoms with Gasteiger partial charge in [-0.15, -0.1) is 0 Å². The Labute approximate surface area is 191 Å². The molecule has 10 nitrogen and oxygen atoms in total. The van der Waals surface area contributed by atoms with E-state index in [2.05, 4.69) is 52.6 Å². The SMILES string of the molecule is CN1CCN(c2nc(Nc3ccc(N)cc3)nc(Nc3cc(-c4ccccc4)[nH]n3)n2)CC1. The summed E-state index contributed by atoms with van der Waals surface area (Å²) < 4.78 is 0. The fraction of sp³-hybridized carbons (Fsp3) is 0.217. The van der Waals surface area contributed by atoms with E-state index >= 15 is 0 Å². The monoisotopic (exact) mass is 442 g/mol. The van der Waals surface area contributed by atoms with Gasteiger partial charge >= 0.3 is 0 Å². The van der Waals surface area contributed by atoms with Crippen molar-refractivity contribution in [3.05, 3.63) is 60.7 Å². The maximum Gasteiger partial charge on any atom is 0.235 e. The number of hydrogen-bond donors (Lipinski definition) is 4. The second-order valence-corrected chi connectivity index (χ2v) is 7.98. The molecule has 33 heavy (non-hydrogen) atoms. The van der Waals surface area contributed by atoms with E-state index in [-0.39, 0.29) is 0 Å². The predicted molar refractivity (Wildman–Crippen MR) is 131 cm³/mol. The number of rotatable bonds is 6. The predicted octanol–water partition coefficient (Wildman–Crippen LogP) is 3.08. The third kappa shape index (κ3) is 5.01. The third-order valence-electron chi connectivity index (χ3n) is 5.48. The second kappa shape index (κ2) is 9.13. The van der Waals surface area contributed by atoms with Gasteiger partial charge in [-0.1, -0.05) is 30.3 Å². The molecule has 3 heterocycles. The Bertz CT molecular complexity index is 1200. The Morgan fingerprint density at radius 1 is 0.848 bits per heavy atom. The lowest BCUT2D eigenvalue weighted by molar-refractivity contribution is 0.311. The van der Waals surface area contributed by atoms with Crippen LogP contribution in [0.3, 0.4) is 0 Å². The van der Waals surface area contributed by atoms with Gasteiger partial charge in [0.1, 0.15) is 0 Å². The van der Waals surface area contributed by atoms with Gasteiger partial charge in [-0.3, -0.25) is 5.10 Å². The summed E-state index contributed by atoms with van der Waals surface area (Å²) in [6.45, 7) is 3.60. The van der Waals surface area contributed by atoms with Crippen molar-refractivity contribution in [1.82, 2.24) is 30.0 Å². The smallest absolute Gasteiger partial charge is 0.235 e. The average Bonchev–Trinajstić information content (AvgIpc) is 3.30. The molecule has 168 valence electrons. The molecular weight excluding hydrogens is 416 g/mol. The molecule has 0 radical (unpaired) electrons. The highest BCUT2D eigenvalue weighted by Gasteiger charge is 2.19. The van der Waals surface area contributed by atoms with E-state index in [1.54, 1.807) is 0 Å². The highest BCUT2D eigenvalue weighted by atomic mass is 15.4. The first-order chi connectivity index (χ1) is 16.1. The maximum atomic E-state index is 5.81. The van der Waals surface area contributed by atoms with Crippen molar-refractivity contribution in [3.8, 4) is 11.3 Å². The van der Waals surface area contributed by atoms with Crippen molar-refractivity contribution in [2.24, 2.45) is 0 Å². The zero-order valence-corrected chi connectivity index (χ0v) is 18.4. The van der Waals surface area contributed by atoms with Crippen LogP contribution in [-0.4, -0.2) is 63.3 Å². The van der Waals surface area contributed by atoms with E-state index in [0.29, 0.717) is 29.4 Å². The number of anilines is 6. The van der Waals surface area contributed by atoms with Crippen molar-refractivity contribution in [2.45, 2.75) is 0 Å². The lowest BCUT2D eigenvalue weighted by atomic mass is 10.2. The molecule has 2 aromatic carbocycles. The molecule has 1 aliphatic rings. The van der Waals surface area contributed by atoms with Crippen molar-refractivity contribution in [2.75, 3.05) is 54.5 Å². The molecule has 1 saturated heterocycles. The number of aromatic nitrogens is 5. The molecular formula is C23H26N10. The van der Waals surface area contributed by atoms with Gasteiger partial charge in [-0.25, -0.2) is 0 Å². The van der Waals surface area contributed by atoms with Crippen molar-refractivity contribution < 1.29 is 0 Å². The molecule has 0 saturated carbocycles. The summed E-state index contributed by atoms with van der Waals surface area (Å²) in [6.07, 6.45) is 0. The van der Waals surface area contributed by atoms with Crippen LogP contribution in [0.2, 0.25) is 0 Å².